The van der Waals surface area contributed by atoms with Gasteiger partial charge in [-0.05, 0) is 0 Å². The molecule has 100 heavy (non-hydrogen) atoms. The molecule has 0 aromatic heterocycles. The molecule has 800 valence electrons. The molecule has 0 fully saturated rings. The zero-order valence-electron chi connectivity index (χ0n) is 36.8. The Morgan fingerprint density at radius 1 is 0.0200 bits per heavy atom. The van der Waals surface area contributed by atoms with Gasteiger partial charge in [0.25, 0.3) is 0 Å². The smallest absolute Gasteiger partial charge is 0 e. The summed E-state index contributed by atoms with van der Waals surface area (Å²) in [6.07, 6.45) is 0. The first-order valence-electron chi connectivity index (χ1n) is 0. The molecule has 0 amide bonds. The van der Waals surface area contributed by atoms with Gasteiger partial charge in [-0.3, -0.25) is 0 Å². The number of hydrogen-bond donors (Lipinski definition) is 0. The van der Waals surface area contributed by atoms with Crippen LogP contribution in [0.5, 0.6) is 0 Å². The summed E-state index contributed by atoms with van der Waals surface area (Å²) < 4.78 is 0. The molecular weight excluding hydrogens is 3760 g/mol. The second-order valence-electron chi connectivity index (χ2n) is 0. The van der Waals surface area contributed by atoms with Crippen LogP contribution in [0, 0.1) is 3400 Å². The van der Waals surface area contributed by atoms with Crippen molar-refractivity contribution in [3.05, 3.63) is 0 Å². The first-order valence-corrected chi connectivity index (χ1v) is 0. The minimum absolute atomic E-state index is 0. The molecule has 100 heteroatoms. The fourth-order valence-electron chi connectivity index (χ4n) is 0. The number of hydrogen-bond acceptors (Lipinski definition) is 0. The van der Waals surface area contributed by atoms with Crippen LogP contribution in [0.25, 0.3) is 0 Å². The van der Waals surface area contributed by atoms with Crippen molar-refractivity contribution in [3.8, 4) is 0 Å². The summed E-state index contributed by atoms with van der Waals surface area (Å²) in [5.41, 5.74) is 0. The van der Waals surface area contributed by atoms with Crippen molar-refractivity contribution in [1.29, 1.82) is 0 Å². The molecule has 0 saturated carbocycles. The summed E-state index contributed by atoms with van der Waals surface area (Å²) in [5, 5.41) is 0. The van der Waals surface area contributed by atoms with E-state index >= 15 is 0 Å². The Bertz CT molecular complexity index is 46.9. The van der Waals surface area contributed by atoms with Crippen LogP contribution in [0.2, 0.25) is 0 Å². The van der Waals surface area contributed by atoms with E-state index in [4.69, 9.17) is 0 Å². The molecule has 0 spiro atoms. The van der Waals surface area contributed by atoms with Crippen LogP contribution in [0.1, 0.15) is 0 Å². The molecule has 10 nitrogen and oxygen atoms in total. The average molecular weight is 3780 g/mol. The largest absolute Gasteiger partial charge is 0.412 e. The summed E-state index contributed by atoms with van der Waals surface area (Å²) in [6, 6.07) is 0. The van der Waals surface area contributed by atoms with Gasteiger partial charge in [0, 0.05) is 3400 Å². The molecule has 0 aliphatic heterocycles. The average Bonchev–Trinajstić information content (AvgIpc) is 0. The zero-order chi connectivity index (χ0) is 0. The van der Waals surface area contributed by atoms with Crippen molar-refractivity contribution in [3.63, 3.8) is 0 Å². The fourth-order valence-corrected chi connectivity index (χ4v) is 0. The van der Waals surface area contributed by atoms with Gasteiger partial charge in [0.2, 0.25) is 0 Å². The van der Waals surface area contributed by atoms with Gasteiger partial charge >= 0.3 is 0 Å². The van der Waals surface area contributed by atoms with Crippen LogP contribution in [-0.2, 0) is 0 Å². The van der Waals surface area contributed by atoms with E-state index in [1.807, 2.05) is 0 Å². The van der Waals surface area contributed by atoms with E-state index in [-0.39, 0.29) is 3450 Å². The Morgan fingerprint density at radius 2 is 0.0200 bits per heavy atom. The third-order valence-electron chi connectivity index (χ3n) is 0. The third kappa shape index (κ3) is 729. The molecular formula is H20Ar90O10. The van der Waals surface area contributed by atoms with Crippen LogP contribution in [-0.4, -0.2) is 54.8 Å². The molecule has 0 unspecified atom stereocenters. The minimum atomic E-state index is 0. The molecule has 0 bridgehead atoms. The monoisotopic (exact) mass is 3780 g/mol. The third-order valence-corrected chi connectivity index (χ3v) is 0. The van der Waals surface area contributed by atoms with E-state index in [1.54, 1.807) is 0 Å². The van der Waals surface area contributed by atoms with Crippen LogP contribution < -0.4 is 0 Å². The molecule has 0 aromatic carbocycles. The van der Waals surface area contributed by atoms with E-state index in [0.29, 0.717) is 0 Å². The maximum absolute atomic E-state index is 0. The zero-order valence-corrected chi connectivity index (χ0v) is 100. The summed E-state index contributed by atoms with van der Waals surface area (Å²) in [5.74, 6) is 0. The second kappa shape index (κ2) is 739. The number of rotatable bonds is 0. The van der Waals surface area contributed by atoms with Crippen LogP contribution in [0.15, 0.2) is 0 Å². The van der Waals surface area contributed by atoms with Crippen molar-refractivity contribution >= 4 is 0 Å². The van der Waals surface area contributed by atoms with Crippen molar-refractivity contribution in [1.82, 2.24) is 0 Å². The Morgan fingerprint density at radius 3 is 0.0200 bits per heavy atom. The Labute approximate surface area is 3310 Å². The molecule has 0 atom stereocenters. The second-order valence-corrected chi connectivity index (χ2v) is 0. The molecule has 0 rings (SSSR count). The molecule has 0 radical (unpaired) electrons. The SMILES string of the molecule is O.O.O.O.O.O.O.O.O.O.[Ar].[Ar].[Ar].[Ar].[Ar].[Ar].[Ar].[Ar].[Ar].[Ar].[Ar].[Ar].[Ar].[Ar].[Ar].[Ar].[Ar].[Ar].[Ar].[Ar].[Ar].[Ar].[Ar].[Ar].[Ar].[Ar].[Ar].[Ar].[Ar].[Ar].[Ar].[Ar].[Ar].[Ar].[Ar].[Ar].[Ar].[Ar].[Ar].[Ar].[Ar].[Ar].[Ar].[Ar].[Ar].[Ar].[Ar].[Ar].[Ar].[Ar].[Ar].[Ar].[Ar].[Ar].[Ar].[Ar].[Ar].[Ar].[Ar].[Ar].[Ar].[Ar].[Ar].[Ar].[Ar].[Ar].[Ar].[Ar].[Ar].[Ar].[Ar].[Ar].[Ar].[Ar].[Ar].[Ar].[Ar].[Ar].[Ar].[Ar].[Ar].[Ar].[Ar].[Ar].[Ar].[Ar].[Ar].[Ar].[Ar].[Ar]. The molecule has 0 heterocycles. The van der Waals surface area contributed by atoms with Crippen molar-refractivity contribution < 1.29 is 3450 Å². The van der Waals surface area contributed by atoms with Gasteiger partial charge in [0.15, 0.2) is 0 Å². The van der Waals surface area contributed by atoms with Crippen molar-refractivity contribution in [2.24, 2.45) is 0 Å². The maximum atomic E-state index is 0. The van der Waals surface area contributed by atoms with Crippen molar-refractivity contribution in [2.75, 3.05) is 0 Å². The van der Waals surface area contributed by atoms with E-state index in [1.165, 1.54) is 0 Å². The van der Waals surface area contributed by atoms with E-state index in [0.717, 1.165) is 0 Å². The topological polar surface area (TPSA) is 315 Å². The first-order chi connectivity index (χ1) is 0. The van der Waals surface area contributed by atoms with Gasteiger partial charge < -0.3 is 54.8 Å². The predicted octanol–water partition coefficient (Wildman–Crippen LogP) is -8.25. The van der Waals surface area contributed by atoms with E-state index in [2.05, 4.69) is 0 Å². The maximum Gasteiger partial charge on any atom is 0 e. The van der Waals surface area contributed by atoms with Gasteiger partial charge in [-0.15, -0.1) is 0 Å². The fraction of sp³-hybridized carbons (Fsp3) is 0. The molecule has 0 aliphatic carbocycles. The van der Waals surface area contributed by atoms with Gasteiger partial charge in [-0.25, -0.2) is 0 Å². The summed E-state index contributed by atoms with van der Waals surface area (Å²) in [7, 11) is 0. The van der Waals surface area contributed by atoms with E-state index < -0.39 is 0 Å². The predicted molar refractivity (Wildman–Crippen MR) is 36.1 cm³/mol. The van der Waals surface area contributed by atoms with Crippen LogP contribution >= 0.6 is 0 Å². The summed E-state index contributed by atoms with van der Waals surface area (Å²) >= 11 is 0. The van der Waals surface area contributed by atoms with Crippen LogP contribution in [0.4, 0.5) is 0 Å². The molecule has 0 saturated heterocycles. The van der Waals surface area contributed by atoms with Crippen molar-refractivity contribution in [2.45, 2.75) is 0 Å². The van der Waals surface area contributed by atoms with Gasteiger partial charge in [0.05, 0.1) is 0 Å². The normalized spacial score (nSPS) is 0. The quantitative estimate of drug-likeness (QED) is 0.218. The van der Waals surface area contributed by atoms with Crippen LogP contribution in [0.3, 0.4) is 0 Å². The first kappa shape index (κ1) is 750. The molecule has 0 aromatic rings. The summed E-state index contributed by atoms with van der Waals surface area (Å²) in [4.78, 5) is 0. The Hall–Kier alpha value is 113. The van der Waals surface area contributed by atoms with Gasteiger partial charge in [-0.2, -0.15) is 0 Å². The van der Waals surface area contributed by atoms with Gasteiger partial charge in [0.1, 0.15) is 0 Å². The Kier molecular flexibility index (Phi) is 5540. The van der Waals surface area contributed by atoms with E-state index in [9.17, 15) is 0 Å². The Balaban J connectivity index is 0. The molecule has 20 N–H and O–H groups in total. The standard InChI is InChI=1S/90Ar.10H2O/h;;;;;;;;;;;;;;;;;;;;;;;;;;;;;;;;;;;;;;;;;;;;;;;;;;;;;;;;;;;;;;;;;;;;;;;;;;;;;;;;;;;;;;;;;;10*1H2. The van der Waals surface area contributed by atoms with Gasteiger partial charge in [-0.1, -0.05) is 0 Å². The molecule has 0 aliphatic rings. The summed E-state index contributed by atoms with van der Waals surface area (Å²) in [6.45, 7) is 0. The minimum Gasteiger partial charge on any atom is -0.412 e.